The molecule has 0 aliphatic carbocycles. The van der Waals surface area contributed by atoms with Gasteiger partial charge in [-0.3, -0.25) is 4.79 Å². The molecule has 2 aromatic rings. The number of carbonyl (C=O) groups excluding carboxylic acids is 1. The molecule has 0 saturated carbocycles. The normalized spacial score (nSPS) is 10.8. The molecular weight excluding hydrogens is 269 g/mol. The molecule has 2 aromatic carbocycles. The minimum Gasteiger partial charge on any atom is -0.494 e. The number of halogens is 1. The second-order valence-corrected chi connectivity index (χ2v) is 4.26. The van der Waals surface area contributed by atoms with Gasteiger partial charge in [0.2, 0.25) is 5.78 Å². The Bertz CT molecular complexity index is 730. The van der Waals surface area contributed by atoms with Crippen molar-refractivity contribution in [2.75, 3.05) is 7.11 Å². The van der Waals surface area contributed by atoms with E-state index in [9.17, 15) is 9.18 Å². The van der Waals surface area contributed by atoms with Crippen molar-refractivity contribution in [1.82, 2.24) is 0 Å². The van der Waals surface area contributed by atoms with E-state index in [4.69, 9.17) is 10.00 Å². The minimum absolute atomic E-state index is 0.0502. The van der Waals surface area contributed by atoms with Gasteiger partial charge in [-0.1, -0.05) is 36.4 Å². The third kappa shape index (κ3) is 3.34. The summed E-state index contributed by atoms with van der Waals surface area (Å²) < 4.78 is 18.4. The van der Waals surface area contributed by atoms with Crippen molar-refractivity contribution in [2.45, 2.75) is 0 Å². The Balaban J connectivity index is 2.36. The van der Waals surface area contributed by atoms with Crippen LogP contribution in [-0.2, 0) is 0 Å². The first-order valence-electron chi connectivity index (χ1n) is 6.21. The standard InChI is InChI=1S/C17H12FNO2/c1-21-16-8-7-12(10-15(16)18)9-14(11-19)17(20)13-5-3-2-4-6-13/h2-10H,1H3/b14-9-. The largest absolute Gasteiger partial charge is 0.494 e. The van der Waals surface area contributed by atoms with E-state index in [1.54, 1.807) is 36.4 Å². The summed E-state index contributed by atoms with van der Waals surface area (Å²) in [6.07, 6.45) is 1.36. The van der Waals surface area contributed by atoms with Gasteiger partial charge in [-0.2, -0.15) is 5.26 Å². The molecule has 2 rings (SSSR count). The molecule has 0 spiro atoms. The molecule has 0 radical (unpaired) electrons. The summed E-state index contributed by atoms with van der Waals surface area (Å²) in [6.45, 7) is 0. The van der Waals surface area contributed by atoms with Gasteiger partial charge in [0.05, 0.1) is 7.11 Å². The highest BCUT2D eigenvalue weighted by molar-refractivity contribution is 6.14. The summed E-state index contributed by atoms with van der Waals surface area (Å²) in [5.41, 5.74) is 0.791. The molecule has 0 atom stereocenters. The summed E-state index contributed by atoms with van der Waals surface area (Å²) in [6, 6.07) is 14.6. The number of ether oxygens (including phenoxy) is 1. The zero-order valence-electron chi connectivity index (χ0n) is 11.3. The molecule has 0 aliphatic rings. The van der Waals surface area contributed by atoms with Crippen LogP contribution in [0, 0.1) is 17.1 Å². The van der Waals surface area contributed by atoms with Crippen LogP contribution < -0.4 is 4.74 Å². The SMILES string of the molecule is COc1ccc(/C=C(/C#N)C(=O)c2ccccc2)cc1F. The van der Waals surface area contributed by atoms with Crippen LogP contribution in [0.4, 0.5) is 4.39 Å². The fourth-order valence-electron chi connectivity index (χ4n) is 1.83. The second-order valence-electron chi connectivity index (χ2n) is 4.26. The third-order valence-corrected chi connectivity index (χ3v) is 2.89. The van der Waals surface area contributed by atoms with Crippen LogP contribution in [0.1, 0.15) is 15.9 Å². The number of Topliss-reactive ketones (excluding diaryl/α,β-unsaturated/α-hetero) is 1. The predicted molar refractivity (Wildman–Crippen MR) is 77.3 cm³/mol. The average Bonchev–Trinajstić information content (AvgIpc) is 2.53. The van der Waals surface area contributed by atoms with Crippen molar-refractivity contribution in [1.29, 1.82) is 5.26 Å². The number of rotatable bonds is 4. The van der Waals surface area contributed by atoms with E-state index in [2.05, 4.69) is 0 Å². The zero-order chi connectivity index (χ0) is 15.2. The third-order valence-electron chi connectivity index (χ3n) is 2.89. The Morgan fingerprint density at radius 2 is 1.95 bits per heavy atom. The Hall–Kier alpha value is -2.93. The molecule has 0 fully saturated rings. The molecule has 0 heterocycles. The Morgan fingerprint density at radius 1 is 1.24 bits per heavy atom. The Labute approximate surface area is 121 Å². The smallest absolute Gasteiger partial charge is 0.203 e. The van der Waals surface area contributed by atoms with E-state index >= 15 is 0 Å². The number of ketones is 1. The van der Waals surface area contributed by atoms with Crippen LogP contribution in [0.3, 0.4) is 0 Å². The van der Waals surface area contributed by atoms with Gasteiger partial charge >= 0.3 is 0 Å². The summed E-state index contributed by atoms with van der Waals surface area (Å²) >= 11 is 0. The maximum absolute atomic E-state index is 13.6. The van der Waals surface area contributed by atoms with Crippen molar-refractivity contribution in [3.05, 3.63) is 71.0 Å². The van der Waals surface area contributed by atoms with E-state index in [0.29, 0.717) is 11.1 Å². The van der Waals surface area contributed by atoms with Crippen LogP contribution in [-0.4, -0.2) is 12.9 Å². The number of benzene rings is 2. The fraction of sp³-hybridized carbons (Fsp3) is 0.0588. The van der Waals surface area contributed by atoms with Crippen molar-refractivity contribution >= 4 is 11.9 Å². The van der Waals surface area contributed by atoms with Crippen molar-refractivity contribution in [3.63, 3.8) is 0 Å². The number of allylic oxidation sites excluding steroid dienone is 1. The monoisotopic (exact) mass is 281 g/mol. The molecular formula is C17H12FNO2. The second kappa shape index (κ2) is 6.49. The fourth-order valence-corrected chi connectivity index (χ4v) is 1.83. The number of methoxy groups -OCH3 is 1. The van der Waals surface area contributed by atoms with Gasteiger partial charge in [0.15, 0.2) is 11.6 Å². The van der Waals surface area contributed by atoms with E-state index in [1.807, 2.05) is 6.07 Å². The molecule has 0 bridgehead atoms. The lowest BCUT2D eigenvalue weighted by atomic mass is 10.0. The van der Waals surface area contributed by atoms with Gasteiger partial charge in [0.25, 0.3) is 0 Å². The highest BCUT2D eigenvalue weighted by Crippen LogP contribution is 2.20. The van der Waals surface area contributed by atoms with Gasteiger partial charge in [-0.15, -0.1) is 0 Å². The molecule has 0 saturated heterocycles. The molecule has 4 heteroatoms. The topological polar surface area (TPSA) is 50.1 Å². The van der Waals surface area contributed by atoms with Gasteiger partial charge in [-0.25, -0.2) is 4.39 Å². The van der Waals surface area contributed by atoms with Crippen molar-refractivity contribution in [3.8, 4) is 11.8 Å². The molecule has 0 N–H and O–H groups in total. The number of nitrogens with zero attached hydrogens (tertiary/aromatic N) is 1. The molecule has 0 aromatic heterocycles. The number of hydrogen-bond acceptors (Lipinski definition) is 3. The summed E-state index contributed by atoms with van der Waals surface area (Å²) in [7, 11) is 1.37. The molecule has 0 aliphatic heterocycles. The maximum Gasteiger partial charge on any atom is 0.203 e. The van der Waals surface area contributed by atoms with Gasteiger partial charge in [-0.05, 0) is 23.8 Å². The molecule has 3 nitrogen and oxygen atoms in total. The molecule has 0 amide bonds. The predicted octanol–water partition coefficient (Wildman–Crippen LogP) is 3.62. The van der Waals surface area contributed by atoms with Crippen LogP contribution in [0.15, 0.2) is 54.1 Å². The molecule has 21 heavy (non-hydrogen) atoms. The van der Waals surface area contributed by atoms with Crippen LogP contribution in [0.25, 0.3) is 6.08 Å². The van der Waals surface area contributed by atoms with E-state index in [-0.39, 0.29) is 11.3 Å². The lowest BCUT2D eigenvalue weighted by molar-refractivity contribution is 0.104. The summed E-state index contributed by atoms with van der Waals surface area (Å²) in [5.74, 6) is -0.829. The first-order chi connectivity index (χ1) is 10.2. The van der Waals surface area contributed by atoms with Gasteiger partial charge in [0.1, 0.15) is 11.6 Å². The Kier molecular flexibility index (Phi) is 4.47. The average molecular weight is 281 g/mol. The van der Waals surface area contributed by atoms with Crippen LogP contribution >= 0.6 is 0 Å². The van der Waals surface area contributed by atoms with Crippen molar-refractivity contribution < 1.29 is 13.9 Å². The molecule has 104 valence electrons. The highest BCUT2D eigenvalue weighted by atomic mass is 19.1. The first-order valence-corrected chi connectivity index (χ1v) is 6.21. The quantitative estimate of drug-likeness (QED) is 0.488. The summed E-state index contributed by atoms with van der Waals surface area (Å²) in [5, 5.41) is 9.13. The lowest BCUT2D eigenvalue weighted by Crippen LogP contribution is -2.01. The molecule has 0 unspecified atom stereocenters. The van der Waals surface area contributed by atoms with Gasteiger partial charge in [0, 0.05) is 5.56 Å². The summed E-state index contributed by atoms with van der Waals surface area (Å²) in [4.78, 5) is 12.2. The van der Waals surface area contributed by atoms with Crippen molar-refractivity contribution in [2.24, 2.45) is 0 Å². The van der Waals surface area contributed by atoms with Crippen LogP contribution in [0.5, 0.6) is 5.75 Å². The van der Waals surface area contributed by atoms with E-state index < -0.39 is 11.6 Å². The van der Waals surface area contributed by atoms with E-state index in [1.165, 1.54) is 25.3 Å². The maximum atomic E-state index is 13.6. The van der Waals surface area contributed by atoms with E-state index in [0.717, 1.165) is 0 Å². The number of nitriles is 1. The highest BCUT2D eigenvalue weighted by Gasteiger charge is 2.12. The van der Waals surface area contributed by atoms with Gasteiger partial charge < -0.3 is 4.74 Å². The number of hydrogen-bond donors (Lipinski definition) is 0. The number of carbonyl (C=O) groups is 1. The minimum atomic E-state index is -0.546. The Morgan fingerprint density at radius 3 is 2.52 bits per heavy atom. The lowest BCUT2D eigenvalue weighted by Gasteiger charge is -2.03. The van der Waals surface area contributed by atoms with Crippen LogP contribution in [0.2, 0.25) is 0 Å². The first kappa shape index (κ1) is 14.5. The zero-order valence-corrected chi connectivity index (χ0v) is 11.3.